The largest absolute Gasteiger partial charge is 0.488 e. The summed E-state index contributed by atoms with van der Waals surface area (Å²) < 4.78 is 7.87. The summed E-state index contributed by atoms with van der Waals surface area (Å²) in [6, 6.07) is 7.91. The molecule has 1 aliphatic heterocycles. The van der Waals surface area contributed by atoms with Crippen LogP contribution in [0.2, 0.25) is 0 Å². The number of carbonyl (C=O) groups is 1. The first-order chi connectivity index (χ1) is 14.1. The lowest BCUT2D eigenvalue weighted by molar-refractivity contribution is 0.0672. The third-order valence-electron chi connectivity index (χ3n) is 5.31. The highest BCUT2D eigenvalue weighted by atomic mass is 16.5. The van der Waals surface area contributed by atoms with Crippen LogP contribution < -0.4 is 4.74 Å². The Labute approximate surface area is 170 Å². The Morgan fingerprint density at radius 2 is 2.07 bits per heavy atom. The van der Waals surface area contributed by atoms with Crippen LogP contribution in [0.1, 0.15) is 45.9 Å². The first-order valence-corrected chi connectivity index (χ1v) is 9.88. The van der Waals surface area contributed by atoms with E-state index >= 15 is 0 Å². The smallest absolute Gasteiger partial charge is 0.253 e. The molecule has 1 amide bonds. The summed E-state index contributed by atoms with van der Waals surface area (Å²) in [5.41, 5.74) is 3.64. The molecule has 3 heterocycles. The Morgan fingerprint density at radius 1 is 1.24 bits per heavy atom. The van der Waals surface area contributed by atoms with E-state index in [0.717, 1.165) is 41.8 Å². The van der Waals surface area contributed by atoms with Crippen molar-refractivity contribution in [1.82, 2.24) is 24.6 Å². The van der Waals surface area contributed by atoms with E-state index < -0.39 is 0 Å². The number of ether oxygens (including phenoxy) is 1. The molecule has 1 aliphatic rings. The molecular weight excluding hydrogens is 366 g/mol. The van der Waals surface area contributed by atoms with Crippen molar-refractivity contribution in [2.75, 3.05) is 13.1 Å². The van der Waals surface area contributed by atoms with Crippen LogP contribution in [-0.4, -0.2) is 43.6 Å². The van der Waals surface area contributed by atoms with Crippen molar-refractivity contribution >= 4 is 5.91 Å². The monoisotopic (exact) mass is 391 g/mol. The number of carbonyl (C=O) groups excluding carboxylic acids is 1. The van der Waals surface area contributed by atoms with Gasteiger partial charge in [-0.1, -0.05) is 6.07 Å². The van der Waals surface area contributed by atoms with E-state index in [4.69, 9.17) is 4.74 Å². The molecule has 1 aromatic carbocycles. The minimum atomic E-state index is 0.0554. The van der Waals surface area contributed by atoms with E-state index in [-0.39, 0.29) is 11.9 Å². The Morgan fingerprint density at radius 3 is 2.76 bits per heavy atom. The number of aromatic nitrogens is 4. The van der Waals surface area contributed by atoms with Crippen LogP contribution in [0.25, 0.3) is 0 Å². The number of piperidine rings is 1. The normalized spacial score (nSPS) is 16.6. The molecule has 3 aromatic rings. The average Bonchev–Trinajstić information content (AvgIpc) is 3.28. The summed E-state index contributed by atoms with van der Waals surface area (Å²) in [4.78, 5) is 23.2. The third kappa shape index (κ3) is 4.29. The highest BCUT2D eigenvalue weighted by Gasteiger charge is 2.26. The van der Waals surface area contributed by atoms with Crippen molar-refractivity contribution in [2.24, 2.45) is 0 Å². The molecule has 4 rings (SSSR count). The number of hydrogen-bond donors (Lipinski definition) is 0. The number of amides is 1. The van der Waals surface area contributed by atoms with Gasteiger partial charge in [0.05, 0.1) is 6.04 Å². The molecule has 0 bridgehead atoms. The van der Waals surface area contributed by atoms with Gasteiger partial charge in [-0.15, -0.1) is 0 Å². The lowest BCUT2D eigenvalue weighted by Crippen LogP contribution is -2.40. The number of aryl methyl sites for hydroxylation is 2. The molecular formula is C22H25N5O2. The number of rotatable bonds is 5. The number of nitrogens with zero attached hydrogens (tertiary/aromatic N) is 5. The van der Waals surface area contributed by atoms with Crippen molar-refractivity contribution in [3.8, 4) is 5.75 Å². The predicted octanol–water partition coefficient (Wildman–Crippen LogP) is 3.35. The second-order valence-electron chi connectivity index (χ2n) is 7.51. The van der Waals surface area contributed by atoms with Gasteiger partial charge < -0.3 is 9.64 Å². The van der Waals surface area contributed by atoms with Gasteiger partial charge in [-0.05, 0) is 56.0 Å². The standard InChI is InChI=1S/C22H25N5O2/c1-16-9-19(10-17(2)21(16)29-13-18-5-3-7-23-11-18)22(28)26-8-4-6-20(12-26)27-15-24-14-25-27/h3,5,7,9-11,14-15,20H,4,6,8,12-13H2,1-2H3/t20-/m0/s1. The summed E-state index contributed by atoms with van der Waals surface area (Å²) in [6.45, 7) is 5.84. The summed E-state index contributed by atoms with van der Waals surface area (Å²) in [5, 5.41) is 4.24. The Kier molecular flexibility index (Phi) is 5.55. The zero-order valence-electron chi connectivity index (χ0n) is 16.8. The first kappa shape index (κ1) is 19.1. The van der Waals surface area contributed by atoms with Gasteiger partial charge in [0.2, 0.25) is 0 Å². The molecule has 7 heteroatoms. The van der Waals surface area contributed by atoms with Crippen LogP contribution in [0, 0.1) is 13.8 Å². The van der Waals surface area contributed by atoms with Gasteiger partial charge in [-0.2, -0.15) is 5.10 Å². The molecule has 0 radical (unpaired) electrons. The van der Waals surface area contributed by atoms with Crippen molar-refractivity contribution in [3.63, 3.8) is 0 Å². The number of hydrogen-bond acceptors (Lipinski definition) is 5. The average molecular weight is 391 g/mol. The van der Waals surface area contributed by atoms with Crippen molar-refractivity contribution in [1.29, 1.82) is 0 Å². The third-order valence-corrected chi connectivity index (χ3v) is 5.31. The van der Waals surface area contributed by atoms with Gasteiger partial charge in [-0.25, -0.2) is 9.67 Å². The van der Waals surface area contributed by atoms with E-state index in [2.05, 4.69) is 15.1 Å². The molecule has 1 fully saturated rings. The fourth-order valence-corrected chi connectivity index (χ4v) is 3.88. The maximum Gasteiger partial charge on any atom is 0.253 e. The highest BCUT2D eigenvalue weighted by molar-refractivity contribution is 5.95. The SMILES string of the molecule is Cc1cc(C(=O)N2CCC[C@H](n3cncn3)C2)cc(C)c1OCc1cccnc1. The summed E-state index contributed by atoms with van der Waals surface area (Å²) >= 11 is 0. The number of benzene rings is 1. The first-order valence-electron chi connectivity index (χ1n) is 9.88. The van der Waals surface area contributed by atoms with Crippen LogP contribution in [0.4, 0.5) is 0 Å². The summed E-state index contributed by atoms with van der Waals surface area (Å²) in [6.07, 6.45) is 8.77. The molecule has 0 spiro atoms. The second kappa shape index (κ2) is 8.43. The second-order valence-corrected chi connectivity index (χ2v) is 7.51. The van der Waals surface area contributed by atoms with Gasteiger partial charge in [0.15, 0.2) is 0 Å². The summed E-state index contributed by atoms with van der Waals surface area (Å²) in [7, 11) is 0. The quantitative estimate of drug-likeness (QED) is 0.667. The molecule has 0 N–H and O–H groups in total. The number of likely N-dealkylation sites (tertiary alicyclic amines) is 1. The Balaban J connectivity index is 1.47. The Hall–Kier alpha value is -3.22. The van der Waals surface area contributed by atoms with Crippen LogP contribution in [0.3, 0.4) is 0 Å². The van der Waals surface area contributed by atoms with Crippen LogP contribution in [0.5, 0.6) is 5.75 Å². The fraction of sp³-hybridized carbons (Fsp3) is 0.364. The van der Waals surface area contributed by atoms with Gasteiger partial charge >= 0.3 is 0 Å². The van der Waals surface area contributed by atoms with Crippen LogP contribution in [-0.2, 0) is 6.61 Å². The molecule has 1 atom stereocenters. The van der Waals surface area contributed by atoms with Gasteiger partial charge in [0.25, 0.3) is 5.91 Å². The van der Waals surface area contributed by atoms with Gasteiger partial charge in [0, 0.05) is 36.6 Å². The lowest BCUT2D eigenvalue weighted by atomic mass is 10.0. The van der Waals surface area contributed by atoms with Gasteiger partial charge in [-0.3, -0.25) is 9.78 Å². The van der Waals surface area contributed by atoms with E-state index in [1.807, 2.05) is 47.7 Å². The topological polar surface area (TPSA) is 73.1 Å². The number of pyridine rings is 1. The zero-order chi connectivity index (χ0) is 20.2. The minimum Gasteiger partial charge on any atom is -0.488 e. The molecule has 29 heavy (non-hydrogen) atoms. The van der Waals surface area contributed by atoms with Crippen LogP contribution >= 0.6 is 0 Å². The Bertz CT molecular complexity index is 949. The van der Waals surface area contributed by atoms with Crippen molar-refractivity contribution < 1.29 is 9.53 Å². The van der Waals surface area contributed by atoms with Gasteiger partial charge in [0.1, 0.15) is 25.0 Å². The molecule has 0 aliphatic carbocycles. The minimum absolute atomic E-state index is 0.0554. The molecule has 0 saturated carbocycles. The van der Waals surface area contributed by atoms with Crippen molar-refractivity contribution in [2.45, 2.75) is 39.3 Å². The van der Waals surface area contributed by atoms with E-state index in [1.165, 1.54) is 6.33 Å². The predicted molar refractivity (Wildman–Crippen MR) is 109 cm³/mol. The fourth-order valence-electron chi connectivity index (χ4n) is 3.88. The van der Waals surface area contributed by atoms with E-state index in [9.17, 15) is 4.79 Å². The molecule has 1 saturated heterocycles. The molecule has 150 valence electrons. The van der Waals surface area contributed by atoms with E-state index in [1.54, 1.807) is 18.7 Å². The van der Waals surface area contributed by atoms with E-state index in [0.29, 0.717) is 18.7 Å². The maximum absolute atomic E-state index is 13.1. The highest BCUT2D eigenvalue weighted by Crippen LogP contribution is 2.28. The lowest BCUT2D eigenvalue weighted by Gasteiger charge is -2.32. The molecule has 7 nitrogen and oxygen atoms in total. The maximum atomic E-state index is 13.1. The van der Waals surface area contributed by atoms with Crippen LogP contribution in [0.15, 0.2) is 49.3 Å². The molecule has 0 unspecified atom stereocenters. The summed E-state index contributed by atoms with van der Waals surface area (Å²) in [5.74, 6) is 0.879. The zero-order valence-corrected chi connectivity index (χ0v) is 16.8. The molecule has 2 aromatic heterocycles. The van der Waals surface area contributed by atoms with Crippen molar-refractivity contribution in [3.05, 3.63) is 71.6 Å².